The second-order valence-electron chi connectivity index (χ2n) is 8.69. The molecule has 0 unspecified atom stereocenters. The van der Waals surface area contributed by atoms with Gasteiger partial charge >= 0.3 is 0 Å². The summed E-state index contributed by atoms with van der Waals surface area (Å²) in [5.41, 5.74) is 3.80. The Bertz CT molecular complexity index is 673. The molecule has 0 radical (unpaired) electrons. The van der Waals surface area contributed by atoms with Crippen molar-refractivity contribution in [3.8, 4) is 0 Å². The van der Waals surface area contributed by atoms with E-state index >= 15 is 0 Å². The number of hydrogen-bond acceptors (Lipinski definition) is 4. The van der Waals surface area contributed by atoms with Gasteiger partial charge < -0.3 is 0 Å². The first-order chi connectivity index (χ1) is 13.2. The first-order valence-electron chi connectivity index (χ1n) is 9.88. The van der Waals surface area contributed by atoms with Crippen molar-refractivity contribution in [1.29, 1.82) is 0 Å². The number of aryl methyl sites for hydroxylation is 2. The molecule has 2 rings (SSSR count). The molecule has 28 heavy (non-hydrogen) atoms. The van der Waals surface area contributed by atoms with Crippen LogP contribution in [0.25, 0.3) is 0 Å². The van der Waals surface area contributed by atoms with Crippen molar-refractivity contribution in [3.63, 3.8) is 0 Å². The van der Waals surface area contributed by atoms with Crippen LogP contribution in [0, 0.1) is 13.8 Å². The number of hydrogen-bond donors (Lipinski definition) is 0. The van der Waals surface area contributed by atoms with Crippen LogP contribution in [0.4, 0.5) is 0 Å². The van der Waals surface area contributed by atoms with Crippen molar-refractivity contribution in [2.75, 3.05) is 0 Å². The highest BCUT2D eigenvalue weighted by Gasteiger charge is 2.27. The van der Waals surface area contributed by atoms with Crippen LogP contribution in [-0.4, -0.2) is 11.2 Å². The maximum Gasteiger partial charge on any atom is 0.107 e. The third kappa shape index (κ3) is 8.53. The molecule has 154 valence electrons. The zero-order valence-electron chi connectivity index (χ0n) is 18.1. The Labute approximate surface area is 169 Å². The van der Waals surface area contributed by atoms with Gasteiger partial charge in [0.05, 0.1) is 11.2 Å². The van der Waals surface area contributed by atoms with Gasteiger partial charge in [-0.1, -0.05) is 59.7 Å². The maximum absolute atomic E-state index is 5.66. The molecule has 0 aliphatic rings. The fraction of sp³-hybridized carbons (Fsp3) is 0.500. The van der Waals surface area contributed by atoms with Gasteiger partial charge in [0.15, 0.2) is 0 Å². The van der Waals surface area contributed by atoms with Gasteiger partial charge in [-0.05, 0) is 65.5 Å². The second kappa shape index (κ2) is 10.2. The van der Waals surface area contributed by atoms with Crippen molar-refractivity contribution >= 4 is 0 Å². The monoisotopic (exact) mass is 386 g/mol. The Balaban J connectivity index is 1.70. The molecule has 0 saturated carbocycles. The molecule has 0 N–H and O–H groups in total. The van der Waals surface area contributed by atoms with Crippen LogP contribution >= 0.6 is 0 Å². The van der Waals surface area contributed by atoms with E-state index in [1.54, 1.807) is 0 Å². The Morgan fingerprint density at radius 3 is 1.39 bits per heavy atom. The predicted octanol–water partition coefficient (Wildman–Crippen LogP) is 6.24. The standard InChI is InChI=1S/C24H34O4/c1-19-9-7-11-21(15-19)17-25-27-23(3,4)13-14-24(5,6)28-26-18-22-12-8-10-20(2)16-22/h7-12,15-16H,13-14,17-18H2,1-6H3. The van der Waals surface area contributed by atoms with E-state index < -0.39 is 11.2 Å². The average molecular weight is 387 g/mol. The van der Waals surface area contributed by atoms with Gasteiger partial charge in [0.1, 0.15) is 13.2 Å². The van der Waals surface area contributed by atoms with Gasteiger partial charge in [0.25, 0.3) is 0 Å². The van der Waals surface area contributed by atoms with Crippen molar-refractivity contribution in [3.05, 3.63) is 70.8 Å². The van der Waals surface area contributed by atoms with Crippen LogP contribution < -0.4 is 0 Å². The van der Waals surface area contributed by atoms with Gasteiger partial charge in [0.2, 0.25) is 0 Å². The van der Waals surface area contributed by atoms with Gasteiger partial charge in [-0.15, -0.1) is 0 Å². The summed E-state index contributed by atoms with van der Waals surface area (Å²) >= 11 is 0. The lowest BCUT2D eigenvalue weighted by Gasteiger charge is -2.29. The van der Waals surface area contributed by atoms with Crippen LogP contribution in [0.1, 0.15) is 62.8 Å². The molecule has 0 saturated heterocycles. The predicted molar refractivity (Wildman–Crippen MR) is 111 cm³/mol. The summed E-state index contributed by atoms with van der Waals surface area (Å²) in [6.45, 7) is 13.1. The summed E-state index contributed by atoms with van der Waals surface area (Å²) in [6, 6.07) is 16.4. The van der Waals surface area contributed by atoms with Gasteiger partial charge in [-0.25, -0.2) is 19.6 Å². The Morgan fingerprint density at radius 1 is 0.643 bits per heavy atom. The molecule has 0 amide bonds. The lowest BCUT2D eigenvalue weighted by Crippen LogP contribution is -2.31. The van der Waals surface area contributed by atoms with Crippen molar-refractivity contribution in [2.24, 2.45) is 0 Å². The van der Waals surface area contributed by atoms with E-state index in [1.807, 2.05) is 52.0 Å². The molecular formula is C24H34O4. The molecule has 0 fully saturated rings. The molecule has 0 bridgehead atoms. The molecule has 0 spiro atoms. The first kappa shape index (κ1) is 22.6. The molecule has 0 aliphatic carbocycles. The summed E-state index contributed by atoms with van der Waals surface area (Å²) in [5, 5.41) is 0. The Morgan fingerprint density at radius 2 is 1.04 bits per heavy atom. The van der Waals surface area contributed by atoms with Gasteiger partial charge in [-0.3, -0.25) is 0 Å². The summed E-state index contributed by atoms with van der Waals surface area (Å²) in [4.78, 5) is 22.3. The zero-order chi connectivity index (χ0) is 20.6. The quantitative estimate of drug-likeness (QED) is 0.338. The third-order valence-corrected chi connectivity index (χ3v) is 4.51. The summed E-state index contributed by atoms with van der Waals surface area (Å²) in [6.07, 6.45) is 1.56. The van der Waals surface area contributed by atoms with E-state index in [4.69, 9.17) is 19.6 Å². The zero-order valence-corrected chi connectivity index (χ0v) is 18.1. The van der Waals surface area contributed by atoms with E-state index in [0.717, 1.165) is 24.0 Å². The van der Waals surface area contributed by atoms with Crippen molar-refractivity contribution < 1.29 is 19.6 Å². The first-order valence-corrected chi connectivity index (χ1v) is 9.88. The van der Waals surface area contributed by atoms with Crippen LogP contribution in [0.2, 0.25) is 0 Å². The second-order valence-corrected chi connectivity index (χ2v) is 8.69. The largest absolute Gasteiger partial charge is 0.231 e. The topological polar surface area (TPSA) is 36.9 Å². The van der Waals surface area contributed by atoms with E-state index in [-0.39, 0.29) is 0 Å². The minimum atomic E-state index is -0.416. The number of benzene rings is 2. The Kier molecular flexibility index (Phi) is 8.20. The van der Waals surface area contributed by atoms with Crippen LogP contribution in [0.15, 0.2) is 48.5 Å². The van der Waals surface area contributed by atoms with E-state index in [2.05, 4.69) is 38.1 Å². The van der Waals surface area contributed by atoms with Crippen molar-refractivity contribution in [2.45, 2.75) is 78.8 Å². The normalized spacial score (nSPS) is 12.4. The SMILES string of the molecule is Cc1cccc(COOC(C)(C)CCC(C)(C)OOCc2cccc(C)c2)c1. The lowest BCUT2D eigenvalue weighted by atomic mass is 9.94. The minimum absolute atomic E-state index is 0.416. The highest BCUT2D eigenvalue weighted by Crippen LogP contribution is 2.26. The van der Waals surface area contributed by atoms with E-state index in [0.29, 0.717) is 13.2 Å². The van der Waals surface area contributed by atoms with Crippen LogP contribution in [-0.2, 0) is 32.8 Å². The van der Waals surface area contributed by atoms with Crippen LogP contribution in [0.3, 0.4) is 0 Å². The average Bonchev–Trinajstić information content (AvgIpc) is 2.60. The highest BCUT2D eigenvalue weighted by atomic mass is 17.2. The fourth-order valence-electron chi connectivity index (χ4n) is 2.80. The third-order valence-electron chi connectivity index (χ3n) is 4.51. The number of rotatable bonds is 11. The van der Waals surface area contributed by atoms with E-state index in [9.17, 15) is 0 Å². The molecule has 0 aromatic heterocycles. The van der Waals surface area contributed by atoms with Gasteiger partial charge in [0, 0.05) is 0 Å². The molecule has 2 aromatic carbocycles. The molecule has 0 heterocycles. The molecule has 4 heteroatoms. The summed E-state index contributed by atoms with van der Waals surface area (Å²) in [5.74, 6) is 0. The molecule has 4 nitrogen and oxygen atoms in total. The van der Waals surface area contributed by atoms with Crippen molar-refractivity contribution in [1.82, 2.24) is 0 Å². The summed E-state index contributed by atoms with van der Waals surface area (Å²) in [7, 11) is 0. The Hall–Kier alpha value is -1.72. The lowest BCUT2D eigenvalue weighted by molar-refractivity contribution is -0.376. The fourth-order valence-corrected chi connectivity index (χ4v) is 2.80. The maximum atomic E-state index is 5.66. The van der Waals surface area contributed by atoms with E-state index in [1.165, 1.54) is 11.1 Å². The highest BCUT2D eigenvalue weighted by molar-refractivity contribution is 5.22. The molecule has 0 atom stereocenters. The molecular weight excluding hydrogens is 352 g/mol. The summed E-state index contributed by atoms with van der Waals surface area (Å²) < 4.78 is 0. The van der Waals surface area contributed by atoms with Crippen LogP contribution in [0.5, 0.6) is 0 Å². The van der Waals surface area contributed by atoms with Gasteiger partial charge in [-0.2, -0.15) is 0 Å². The smallest absolute Gasteiger partial charge is 0.107 e. The molecule has 2 aromatic rings. The minimum Gasteiger partial charge on any atom is -0.231 e. The molecule has 0 aliphatic heterocycles.